The molecule has 0 saturated carbocycles. The van der Waals surface area contributed by atoms with E-state index in [-0.39, 0.29) is 29.0 Å². The van der Waals surface area contributed by atoms with Crippen LogP contribution in [0.1, 0.15) is 18.7 Å². The summed E-state index contributed by atoms with van der Waals surface area (Å²) in [6, 6.07) is 11.8. The Morgan fingerprint density at radius 3 is 2.54 bits per heavy atom. The molecule has 2 aliphatic rings. The van der Waals surface area contributed by atoms with Crippen LogP contribution >= 0.6 is 11.6 Å². The lowest BCUT2D eigenvalue weighted by atomic mass is 10.1. The summed E-state index contributed by atoms with van der Waals surface area (Å²) in [6.45, 7) is 8.90. The third-order valence-corrected chi connectivity index (χ3v) is 8.38. The van der Waals surface area contributed by atoms with Crippen molar-refractivity contribution in [2.24, 2.45) is 0 Å². The Hall–Kier alpha value is -4.02. The molecule has 0 spiro atoms. The summed E-state index contributed by atoms with van der Waals surface area (Å²) in [4.78, 5) is 46.7. The maximum Gasteiger partial charge on any atom is 0.319 e. The van der Waals surface area contributed by atoms with Crippen LogP contribution in [0.3, 0.4) is 0 Å². The number of anilines is 1. The first-order valence-corrected chi connectivity index (χ1v) is 14.2. The molecule has 0 unspecified atom stereocenters. The van der Waals surface area contributed by atoms with Crippen molar-refractivity contribution in [3.8, 4) is 11.7 Å². The first-order valence-electron chi connectivity index (χ1n) is 13.8. The molecule has 10 nitrogen and oxygen atoms in total. The second-order valence-electron chi connectivity index (χ2n) is 10.5. The number of hydrogen-bond donors (Lipinski definition) is 0. The Balaban J connectivity index is 1.48. The number of carbonyl (C=O) groups excluding carboxylic acids is 1. The van der Waals surface area contributed by atoms with Gasteiger partial charge >= 0.3 is 6.01 Å². The van der Waals surface area contributed by atoms with Crippen LogP contribution in [0.15, 0.2) is 53.8 Å². The van der Waals surface area contributed by atoms with Gasteiger partial charge in [0, 0.05) is 37.6 Å². The molecule has 2 saturated heterocycles. The minimum atomic E-state index is -0.327. The largest absolute Gasteiger partial charge is 0.462 e. The molecule has 0 N–H and O–H groups in total. The lowest BCUT2D eigenvalue weighted by Crippen LogP contribution is -2.48. The Labute approximate surface area is 242 Å². The van der Waals surface area contributed by atoms with Gasteiger partial charge in [-0.15, -0.1) is 0 Å². The van der Waals surface area contributed by atoms with Gasteiger partial charge in [0.2, 0.25) is 5.91 Å². The molecule has 4 heterocycles. The molecule has 212 valence electrons. The van der Waals surface area contributed by atoms with E-state index in [1.165, 1.54) is 6.08 Å². The molecule has 41 heavy (non-hydrogen) atoms. The number of fused-ring (bicyclic) bond motifs is 2. The second-order valence-corrected chi connectivity index (χ2v) is 11.0. The fourth-order valence-electron chi connectivity index (χ4n) is 5.80. The second kappa shape index (κ2) is 11.1. The maximum atomic E-state index is 14.2. The zero-order valence-electron chi connectivity index (χ0n) is 23.2. The number of piperazine rings is 1. The molecule has 0 bridgehead atoms. The number of rotatable bonds is 6. The number of hydrogen-bond acceptors (Lipinski definition) is 8. The van der Waals surface area contributed by atoms with E-state index in [0.29, 0.717) is 60.7 Å². The number of carbonyl (C=O) groups is 1. The van der Waals surface area contributed by atoms with Crippen molar-refractivity contribution >= 4 is 45.1 Å². The molecule has 1 amide bonds. The number of benzene rings is 2. The molecule has 0 aliphatic carbocycles. The molecule has 2 aromatic carbocycles. The zero-order chi connectivity index (χ0) is 28.7. The smallest absolute Gasteiger partial charge is 0.319 e. The average molecular weight is 574 g/mol. The van der Waals surface area contributed by atoms with Gasteiger partial charge in [0.15, 0.2) is 11.3 Å². The van der Waals surface area contributed by atoms with Crippen molar-refractivity contribution in [2.45, 2.75) is 25.8 Å². The molecule has 4 aromatic rings. The first kappa shape index (κ1) is 27.2. The maximum absolute atomic E-state index is 14.2. The molecule has 2 aromatic heterocycles. The van der Waals surface area contributed by atoms with Crippen LogP contribution in [0.25, 0.3) is 27.5 Å². The highest BCUT2D eigenvalue weighted by atomic mass is 35.5. The predicted molar refractivity (Wildman–Crippen MR) is 160 cm³/mol. The average Bonchev–Trinajstić information content (AvgIpc) is 3.40. The number of nitrogens with zero attached hydrogens (tertiary/aromatic N) is 7. The summed E-state index contributed by atoms with van der Waals surface area (Å²) in [6.07, 6.45) is 3.48. The van der Waals surface area contributed by atoms with Gasteiger partial charge in [-0.2, -0.15) is 9.97 Å². The summed E-state index contributed by atoms with van der Waals surface area (Å²) in [5.74, 6) is 0.910. The lowest BCUT2D eigenvalue weighted by Gasteiger charge is -2.35. The number of halogens is 1. The van der Waals surface area contributed by atoms with E-state index >= 15 is 0 Å². The number of likely N-dealkylation sites (tertiary alicyclic amines) is 1. The van der Waals surface area contributed by atoms with E-state index in [1.807, 2.05) is 41.3 Å². The van der Waals surface area contributed by atoms with E-state index in [0.717, 1.165) is 30.2 Å². The normalized spacial score (nSPS) is 17.9. The van der Waals surface area contributed by atoms with Gasteiger partial charge in [-0.25, -0.2) is 4.98 Å². The molecule has 1 atom stereocenters. The molecular weight excluding hydrogens is 542 g/mol. The van der Waals surface area contributed by atoms with Crippen molar-refractivity contribution < 1.29 is 9.53 Å². The van der Waals surface area contributed by atoms with Crippen LogP contribution in [-0.2, 0) is 4.79 Å². The van der Waals surface area contributed by atoms with Gasteiger partial charge in [0.05, 0.1) is 10.7 Å². The highest BCUT2D eigenvalue weighted by Crippen LogP contribution is 2.31. The fourth-order valence-corrected chi connectivity index (χ4v) is 6.08. The van der Waals surface area contributed by atoms with Gasteiger partial charge < -0.3 is 19.4 Å². The van der Waals surface area contributed by atoms with Crippen molar-refractivity contribution in [3.63, 3.8) is 0 Å². The third kappa shape index (κ3) is 5.02. The van der Waals surface area contributed by atoms with Crippen molar-refractivity contribution in [1.82, 2.24) is 29.3 Å². The van der Waals surface area contributed by atoms with Crippen LogP contribution in [0, 0.1) is 6.92 Å². The van der Waals surface area contributed by atoms with Gasteiger partial charge in [-0.1, -0.05) is 42.4 Å². The summed E-state index contributed by atoms with van der Waals surface area (Å²) >= 11 is 6.62. The van der Waals surface area contributed by atoms with Crippen LogP contribution in [0.4, 0.5) is 5.82 Å². The Morgan fingerprint density at radius 1 is 1.07 bits per heavy atom. The van der Waals surface area contributed by atoms with E-state index in [9.17, 15) is 9.59 Å². The van der Waals surface area contributed by atoms with E-state index < -0.39 is 0 Å². The van der Waals surface area contributed by atoms with E-state index in [1.54, 1.807) is 16.4 Å². The monoisotopic (exact) mass is 573 g/mol. The van der Waals surface area contributed by atoms with Crippen molar-refractivity contribution in [3.05, 3.63) is 70.3 Å². The highest BCUT2D eigenvalue weighted by Gasteiger charge is 2.27. The van der Waals surface area contributed by atoms with Crippen molar-refractivity contribution in [1.29, 1.82) is 0 Å². The summed E-state index contributed by atoms with van der Waals surface area (Å²) in [7, 11) is 2.08. The number of ether oxygens (including phenoxy) is 1. The van der Waals surface area contributed by atoms with Crippen LogP contribution < -0.4 is 15.2 Å². The van der Waals surface area contributed by atoms with Gasteiger partial charge in [0.1, 0.15) is 17.9 Å². The number of likely N-dealkylation sites (N-methyl/N-ethyl adjacent to an activating group) is 1. The molecule has 2 aliphatic heterocycles. The molecular formula is C30H32ClN7O3. The predicted octanol–water partition coefficient (Wildman–Crippen LogP) is 3.60. The molecule has 11 heteroatoms. The number of aryl methyl sites for hydroxylation is 1. The van der Waals surface area contributed by atoms with Gasteiger partial charge in [-0.3, -0.25) is 14.2 Å². The minimum Gasteiger partial charge on any atom is -0.462 e. The Bertz CT molecular complexity index is 1710. The highest BCUT2D eigenvalue weighted by molar-refractivity contribution is 6.36. The zero-order valence-corrected chi connectivity index (χ0v) is 24.0. The lowest BCUT2D eigenvalue weighted by molar-refractivity contribution is -0.126. The van der Waals surface area contributed by atoms with Crippen LogP contribution in [0.2, 0.25) is 5.02 Å². The Morgan fingerprint density at radius 2 is 1.83 bits per heavy atom. The third-order valence-electron chi connectivity index (χ3n) is 8.06. The molecule has 6 rings (SSSR count). The summed E-state index contributed by atoms with van der Waals surface area (Å²) in [5, 5.41) is 2.23. The van der Waals surface area contributed by atoms with Crippen molar-refractivity contribution in [2.75, 3.05) is 51.3 Å². The molecule has 2 fully saturated rings. The van der Waals surface area contributed by atoms with E-state index in [2.05, 4.69) is 23.5 Å². The van der Waals surface area contributed by atoms with Gasteiger partial charge in [-0.05, 0) is 57.0 Å². The Kier molecular flexibility index (Phi) is 7.35. The summed E-state index contributed by atoms with van der Waals surface area (Å²) < 4.78 is 7.69. The SMILES string of the molecule is C=CC(=O)N1CCN(c2nc(OC[C@@H]3CCCN3C)nc3c(=O)n(-c4cccc5cccc(Cl)c45)c(C)nc23)CC1. The minimum absolute atomic E-state index is 0.104. The topological polar surface area (TPSA) is 96.7 Å². The quantitative estimate of drug-likeness (QED) is 0.323. The van der Waals surface area contributed by atoms with Crippen LogP contribution in [0.5, 0.6) is 6.01 Å². The first-order chi connectivity index (χ1) is 19.9. The number of amides is 1. The number of aromatic nitrogens is 4. The fraction of sp³-hybridized carbons (Fsp3) is 0.367. The van der Waals surface area contributed by atoms with Crippen LogP contribution in [-0.4, -0.2) is 87.6 Å². The summed E-state index contributed by atoms with van der Waals surface area (Å²) in [5.41, 5.74) is 0.886. The van der Waals surface area contributed by atoms with E-state index in [4.69, 9.17) is 26.3 Å². The molecule has 0 radical (unpaired) electrons. The standard InChI is InChI=1S/C30H32ClN7O3/c1-4-24(39)36-14-16-37(17-15-36)28-26-27(33-30(34-28)41-18-21-10-7-13-35(21)3)29(40)38(19(2)32-26)23-12-6-9-20-8-5-11-22(31)25(20)23/h4-6,8-9,11-12,21H,1,7,10,13-18H2,2-3H3/t21-/m0/s1. The van der Waals surface area contributed by atoms with Gasteiger partial charge in [0.25, 0.3) is 5.56 Å².